The summed E-state index contributed by atoms with van der Waals surface area (Å²) in [7, 11) is 0. The van der Waals surface area contributed by atoms with Crippen LogP contribution in [0.4, 0.5) is 0 Å². The van der Waals surface area contributed by atoms with Crippen LogP contribution in [-0.2, 0) is 0 Å². The maximum atomic E-state index is 9.91. The molecule has 3 atom stereocenters. The summed E-state index contributed by atoms with van der Waals surface area (Å²) in [5.74, 6) is 0. The van der Waals surface area contributed by atoms with Gasteiger partial charge in [0.1, 0.15) is 0 Å². The van der Waals surface area contributed by atoms with E-state index in [4.69, 9.17) is 0 Å². The molecule has 2 aliphatic rings. The first kappa shape index (κ1) is 9.47. The number of likely N-dealkylation sites (tertiary alicyclic amines) is 1. The van der Waals surface area contributed by atoms with Crippen LogP contribution >= 0.6 is 0 Å². The first-order valence-electron chi connectivity index (χ1n) is 5.73. The SMILES string of the molecule is CC1CCCN1C1CCCCC1O. The number of hydrogen-bond donors (Lipinski definition) is 1. The zero-order valence-electron chi connectivity index (χ0n) is 8.58. The molecule has 2 heteroatoms. The van der Waals surface area contributed by atoms with Gasteiger partial charge in [0.05, 0.1) is 6.10 Å². The Morgan fingerprint density at radius 1 is 1.08 bits per heavy atom. The maximum absolute atomic E-state index is 9.91. The largest absolute Gasteiger partial charge is 0.391 e. The van der Waals surface area contributed by atoms with E-state index in [1.165, 1.54) is 38.6 Å². The second-order valence-electron chi connectivity index (χ2n) is 4.65. The first-order chi connectivity index (χ1) is 6.29. The smallest absolute Gasteiger partial charge is 0.0695 e. The number of hydrogen-bond acceptors (Lipinski definition) is 2. The highest BCUT2D eigenvalue weighted by Crippen LogP contribution is 2.29. The molecule has 0 bridgehead atoms. The molecule has 0 spiro atoms. The van der Waals surface area contributed by atoms with Crippen molar-refractivity contribution in [3.8, 4) is 0 Å². The molecule has 0 aromatic carbocycles. The standard InChI is InChI=1S/C11H21NO/c1-9-5-4-8-12(9)10-6-2-3-7-11(10)13/h9-11,13H,2-8H2,1H3. The average Bonchev–Trinajstić information content (AvgIpc) is 2.52. The summed E-state index contributed by atoms with van der Waals surface area (Å²) in [5, 5.41) is 9.91. The van der Waals surface area contributed by atoms with E-state index in [0.717, 1.165) is 6.42 Å². The van der Waals surface area contributed by atoms with Crippen LogP contribution in [0.3, 0.4) is 0 Å². The Labute approximate surface area is 80.9 Å². The van der Waals surface area contributed by atoms with Gasteiger partial charge in [-0.2, -0.15) is 0 Å². The van der Waals surface area contributed by atoms with Gasteiger partial charge < -0.3 is 5.11 Å². The molecule has 2 nitrogen and oxygen atoms in total. The molecular weight excluding hydrogens is 162 g/mol. The minimum atomic E-state index is -0.0469. The van der Waals surface area contributed by atoms with Gasteiger partial charge in [0.25, 0.3) is 0 Å². The van der Waals surface area contributed by atoms with Crippen molar-refractivity contribution >= 4 is 0 Å². The molecule has 2 fully saturated rings. The number of aliphatic hydroxyl groups excluding tert-OH is 1. The Bertz CT molecular complexity index is 171. The summed E-state index contributed by atoms with van der Waals surface area (Å²) in [6.45, 7) is 3.51. The molecule has 1 aliphatic heterocycles. The van der Waals surface area contributed by atoms with Crippen molar-refractivity contribution in [2.24, 2.45) is 0 Å². The van der Waals surface area contributed by atoms with Crippen LogP contribution in [-0.4, -0.2) is 34.7 Å². The molecule has 76 valence electrons. The van der Waals surface area contributed by atoms with Gasteiger partial charge in [-0.3, -0.25) is 4.90 Å². The van der Waals surface area contributed by atoms with Crippen LogP contribution in [0.1, 0.15) is 45.4 Å². The van der Waals surface area contributed by atoms with Crippen molar-refractivity contribution in [1.82, 2.24) is 4.90 Å². The van der Waals surface area contributed by atoms with Crippen LogP contribution in [0.15, 0.2) is 0 Å². The van der Waals surface area contributed by atoms with Crippen molar-refractivity contribution in [2.75, 3.05) is 6.54 Å². The van der Waals surface area contributed by atoms with Gasteiger partial charge in [-0.15, -0.1) is 0 Å². The Morgan fingerprint density at radius 2 is 1.85 bits per heavy atom. The zero-order valence-corrected chi connectivity index (χ0v) is 8.58. The van der Waals surface area contributed by atoms with Gasteiger partial charge in [-0.05, 0) is 39.2 Å². The fourth-order valence-electron chi connectivity index (χ4n) is 2.93. The Hall–Kier alpha value is -0.0800. The lowest BCUT2D eigenvalue weighted by atomic mass is 9.91. The summed E-state index contributed by atoms with van der Waals surface area (Å²) in [4.78, 5) is 2.53. The lowest BCUT2D eigenvalue weighted by molar-refractivity contribution is 0.0166. The molecule has 1 aliphatic carbocycles. The van der Waals surface area contributed by atoms with E-state index >= 15 is 0 Å². The molecule has 1 heterocycles. The van der Waals surface area contributed by atoms with E-state index in [1.54, 1.807) is 0 Å². The lowest BCUT2D eigenvalue weighted by Gasteiger charge is -2.37. The van der Waals surface area contributed by atoms with Crippen molar-refractivity contribution in [3.63, 3.8) is 0 Å². The van der Waals surface area contributed by atoms with Gasteiger partial charge in [0.15, 0.2) is 0 Å². The van der Waals surface area contributed by atoms with Crippen LogP contribution in [0, 0.1) is 0 Å². The fraction of sp³-hybridized carbons (Fsp3) is 1.00. The van der Waals surface area contributed by atoms with E-state index in [-0.39, 0.29) is 6.10 Å². The van der Waals surface area contributed by atoms with Gasteiger partial charge >= 0.3 is 0 Å². The third kappa shape index (κ3) is 1.89. The fourth-order valence-corrected chi connectivity index (χ4v) is 2.93. The van der Waals surface area contributed by atoms with Gasteiger partial charge in [-0.1, -0.05) is 12.8 Å². The second kappa shape index (κ2) is 3.97. The highest BCUT2D eigenvalue weighted by Gasteiger charge is 2.33. The summed E-state index contributed by atoms with van der Waals surface area (Å²) >= 11 is 0. The molecule has 1 saturated carbocycles. The summed E-state index contributed by atoms with van der Waals surface area (Å²) in [5.41, 5.74) is 0. The van der Waals surface area contributed by atoms with Crippen molar-refractivity contribution in [1.29, 1.82) is 0 Å². The van der Waals surface area contributed by atoms with Crippen molar-refractivity contribution in [2.45, 2.75) is 63.6 Å². The summed E-state index contributed by atoms with van der Waals surface area (Å²) in [6.07, 6.45) is 7.37. The molecule has 3 unspecified atom stereocenters. The minimum absolute atomic E-state index is 0.0469. The topological polar surface area (TPSA) is 23.5 Å². The molecule has 13 heavy (non-hydrogen) atoms. The Balaban J connectivity index is 1.97. The molecule has 2 rings (SSSR count). The summed E-state index contributed by atoms with van der Waals surface area (Å²) < 4.78 is 0. The predicted molar refractivity (Wildman–Crippen MR) is 53.7 cm³/mol. The minimum Gasteiger partial charge on any atom is -0.391 e. The third-order valence-corrected chi connectivity index (χ3v) is 3.72. The number of rotatable bonds is 1. The highest BCUT2D eigenvalue weighted by atomic mass is 16.3. The number of aliphatic hydroxyl groups is 1. The van der Waals surface area contributed by atoms with E-state index in [9.17, 15) is 5.11 Å². The van der Waals surface area contributed by atoms with Crippen molar-refractivity contribution < 1.29 is 5.11 Å². The van der Waals surface area contributed by atoms with Crippen LogP contribution < -0.4 is 0 Å². The molecule has 0 aromatic rings. The van der Waals surface area contributed by atoms with Crippen LogP contribution in [0.25, 0.3) is 0 Å². The van der Waals surface area contributed by atoms with E-state index in [1.807, 2.05) is 0 Å². The molecule has 1 saturated heterocycles. The monoisotopic (exact) mass is 183 g/mol. The molecule has 0 aromatic heterocycles. The number of nitrogens with zero attached hydrogens (tertiary/aromatic N) is 1. The summed E-state index contributed by atoms with van der Waals surface area (Å²) in [6, 6.07) is 1.18. The van der Waals surface area contributed by atoms with Gasteiger partial charge in [-0.25, -0.2) is 0 Å². The average molecular weight is 183 g/mol. The maximum Gasteiger partial charge on any atom is 0.0695 e. The van der Waals surface area contributed by atoms with Crippen LogP contribution in [0.5, 0.6) is 0 Å². The van der Waals surface area contributed by atoms with Crippen molar-refractivity contribution in [3.05, 3.63) is 0 Å². The second-order valence-corrected chi connectivity index (χ2v) is 4.65. The molecule has 0 radical (unpaired) electrons. The molecular formula is C11H21NO. The van der Waals surface area contributed by atoms with Gasteiger partial charge in [0, 0.05) is 12.1 Å². The Kier molecular flexibility index (Phi) is 2.89. The predicted octanol–water partition coefficient (Wildman–Crippen LogP) is 1.77. The van der Waals surface area contributed by atoms with E-state index in [0.29, 0.717) is 12.1 Å². The lowest BCUT2D eigenvalue weighted by Crippen LogP contribution is -2.46. The molecule has 0 amide bonds. The quantitative estimate of drug-likeness (QED) is 0.670. The third-order valence-electron chi connectivity index (χ3n) is 3.72. The highest BCUT2D eigenvalue weighted by molar-refractivity contribution is 4.88. The molecule has 1 N–H and O–H groups in total. The normalized spacial score (nSPS) is 42.5. The van der Waals surface area contributed by atoms with E-state index < -0.39 is 0 Å². The first-order valence-corrected chi connectivity index (χ1v) is 5.73. The van der Waals surface area contributed by atoms with Gasteiger partial charge in [0.2, 0.25) is 0 Å². The van der Waals surface area contributed by atoms with Crippen LogP contribution in [0.2, 0.25) is 0 Å². The van der Waals surface area contributed by atoms with E-state index in [2.05, 4.69) is 11.8 Å². The Morgan fingerprint density at radius 3 is 2.46 bits per heavy atom. The zero-order chi connectivity index (χ0) is 9.26.